The van der Waals surface area contributed by atoms with Crippen LogP contribution in [0.25, 0.3) is 0 Å². The molecule has 0 N–H and O–H groups in total. The number of hydrogen-bond donors (Lipinski definition) is 0. The molecule has 0 spiro atoms. The van der Waals surface area contributed by atoms with Gasteiger partial charge in [0.1, 0.15) is 9.24 Å². The molecule has 0 aliphatic carbocycles. The average Bonchev–Trinajstić information content (AvgIpc) is 2.59. The number of hydrogen-bond acceptors (Lipinski definition) is 5. The van der Waals surface area contributed by atoms with Crippen molar-refractivity contribution in [2.75, 3.05) is 11.5 Å². The molecule has 5 heteroatoms. The minimum atomic E-state index is 0.882. The summed E-state index contributed by atoms with van der Waals surface area (Å²) < 4.78 is 5.08. The summed E-state index contributed by atoms with van der Waals surface area (Å²) >= 11 is 4.83. The fourth-order valence-corrected chi connectivity index (χ4v) is 3.07. The van der Waals surface area contributed by atoms with Crippen molar-refractivity contribution in [3.05, 3.63) is 25.3 Å². The Kier molecular flexibility index (Phi) is 5.19. The Labute approximate surface area is 90.7 Å². The van der Waals surface area contributed by atoms with Crippen molar-refractivity contribution in [3.63, 3.8) is 0 Å². The van der Waals surface area contributed by atoms with Crippen LogP contribution in [0.4, 0.5) is 0 Å². The molecule has 0 radical (unpaired) electrons. The van der Waals surface area contributed by atoms with Crippen molar-refractivity contribution >= 4 is 35.1 Å². The highest BCUT2D eigenvalue weighted by Crippen LogP contribution is 2.31. The van der Waals surface area contributed by atoms with E-state index in [0.29, 0.717) is 0 Å². The Balaban J connectivity index is 2.54. The van der Waals surface area contributed by atoms with E-state index in [-0.39, 0.29) is 0 Å². The average molecular weight is 230 g/mol. The van der Waals surface area contributed by atoms with E-state index in [4.69, 9.17) is 0 Å². The standard InChI is InChI=1S/C8H10N2S3/c1-3-5-11-7-8(12-6-4-2)13-10-9-7/h3-4H,1-2,5-6H2. The maximum atomic E-state index is 4.04. The quantitative estimate of drug-likeness (QED) is 0.554. The maximum absolute atomic E-state index is 4.04. The van der Waals surface area contributed by atoms with E-state index in [1.807, 2.05) is 12.2 Å². The minimum absolute atomic E-state index is 0.882. The Bertz CT molecular complexity index is 256. The zero-order chi connectivity index (χ0) is 9.52. The van der Waals surface area contributed by atoms with Gasteiger partial charge in [-0.1, -0.05) is 28.4 Å². The summed E-state index contributed by atoms with van der Waals surface area (Å²) in [5.74, 6) is 1.79. The molecule has 70 valence electrons. The molecule has 0 atom stereocenters. The van der Waals surface area contributed by atoms with Gasteiger partial charge >= 0.3 is 0 Å². The summed E-state index contributed by atoms with van der Waals surface area (Å²) in [7, 11) is 0. The number of aromatic nitrogens is 2. The molecular formula is C8H10N2S3. The summed E-state index contributed by atoms with van der Waals surface area (Å²) in [6.07, 6.45) is 3.75. The van der Waals surface area contributed by atoms with Gasteiger partial charge in [0.05, 0.1) is 0 Å². The van der Waals surface area contributed by atoms with Crippen LogP contribution in [0.5, 0.6) is 0 Å². The second kappa shape index (κ2) is 6.23. The highest BCUT2D eigenvalue weighted by atomic mass is 32.2. The lowest BCUT2D eigenvalue weighted by Crippen LogP contribution is -1.77. The lowest BCUT2D eigenvalue weighted by molar-refractivity contribution is 1.00. The zero-order valence-corrected chi connectivity index (χ0v) is 9.55. The minimum Gasteiger partial charge on any atom is -0.130 e. The van der Waals surface area contributed by atoms with Gasteiger partial charge in [-0.2, -0.15) is 0 Å². The van der Waals surface area contributed by atoms with E-state index < -0.39 is 0 Å². The molecule has 0 aromatic carbocycles. The predicted molar refractivity (Wildman–Crippen MR) is 61.8 cm³/mol. The normalized spacial score (nSPS) is 9.85. The van der Waals surface area contributed by atoms with E-state index in [9.17, 15) is 0 Å². The molecule has 0 fully saturated rings. The summed E-state index contributed by atoms with van der Waals surface area (Å²) in [5.41, 5.74) is 0. The third kappa shape index (κ3) is 3.54. The molecule has 0 unspecified atom stereocenters. The van der Waals surface area contributed by atoms with E-state index in [0.717, 1.165) is 16.5 Å². The monoisotopic (exact) mass is 230 g/mol. The molecule has 1 heterocycles. The summed E-state index contributed by atoms with van der Waals surface area (Å²) in [5, 5.41) is 5.05. The van der Waals surface area contributed by atoms with E-state index >= 15 is 0 Å². The number of rotatable bonds is 6. The second-order valence-corrected chi connectivity index (χ2v) is 5.12. The molecule has 1 aromatic rings. The Morgan fingerprint density at radius 3 is 2.62 bits per heavy atom. The first-order valence-corrected chi connectivity index (χ1v) is 6.42. The van der Waals surface area contributed by atoms with Crippen LogP contribution in [-0.2, 0) is 0 Å². The lowest BCUT2D eigenvalue weighted by atomic mass is 10.8. The SMILES string of the molecule is C=CCSc1nnsc1SCC=C. The fourth-order valence-electron chi connectivity index (χ4n) is 0.623. The van der Waals surface area contributed by atoms with Gasteiger partial charge in [-0.25, -0.2) is 0 Å². The summed E-state index contributed by atoms with van der Waals surface area (Å²) in [6, 6.07) is 0. The zero-order valence-electron chi connectivity index (χ0n) is 7.10. The molecule has 13 heavy (non-hydrogen) atoms. The van der Waals surface area contributed by atoms with Gasteiger partial charge in [0.2, 0.25) is 0 Å². The van der Waals surface area contributed by atoms with Crippen LogP contribution in [0.3, 0.4) is 0 Å². The van der Waals surface area contributed by atoms with Gasteiger partial charge in [0.15, 0.2) is 0 Å². The molecule has 0 saturated carbocycles. The molecule has 1 rings (SSSR count). The Hall–Kier alpha value is -0.260. The van der Waals surface area contributed by atoms with Gasteiger partial charge in [0, 0.05) is 11.5 Å². The van der Waals surface area contributed by atoms with Crippen LogP contribution in [0.1, 0.15) is 0 Å². The first-order chi connectivity index (χ1) is 6.38. The van der Waals surface area contributed by atoms with Crippen LogP contribution in [0.2, 0.25) is 0 Å². The van der Waals surface area contributed by atoms with E-state index in [1.54, 1.807) is 23.5 Å². The van der Waals surface area contributed by atoms with Crippen LogP contribution in [-0.4, -0.2) is 21.1 Å². The predicted octanol–water partition coefficient (Wildman–Crippen LogP) is 3.09. The van der Waals surface area contributed by atoms with Gasteiger partial charge in [-0.05, 0) is 11.5 Å². The highest BCUT2D eigenvalue weighted by molar-refractivity contribution is 8.03. The first kappa shape index (κ1) is 10.8. The largest absolute Gasteiger partial charge is 0.145 e. The Morgan fingerprint density at radius 2 is 1.92 bits per heavy atom. The van der Waals surface area contributed by atoms with Crippen molar-refractivity contribution in [3.8, 4) is 0 Å². The van der Waals surface area contributed by atoms with Gasteiger partial charge < -0.3 is 0 Å². The first-order valence-electron chi connectivity index (χ1n) is 3.68. The fraction of sp³-hybridized carbons (Fsp3) is 0.250. The lowest BCUT2D eigenvalue weighted by Gasteiger charge is -1.95. The third-order valence-corrected chi connectivity index (χ3v) is 4.28. The maximum Gasteiger partial charge on any atom is 0.145 e. The van der Waals surface area contributed by atoms with Gasteiger partial charge in [-0.15, -0.1) is 30.0 Å². The summed E-state index contributed by atoms with van der Waals surface area (Å²) in [4.78, 5) is 0. The molecular weight excluding hydrogens is 220 g/mol. The highest BCUT2D eigenvalue weighted by Gasteiger charge is 2.06. The van der Waals surface area contributed by atoms with E-state index in [2.05, 4.69) is 22.7 Å². The molecule has 0 saturated heterocycles. The summed E-state index contributed by atoms with van der Waals surface area (Å²) in [6.45, 7) is 7.34. The molecule has 0 amide bonds. The van der Waals surface area contributed by atoms with E-state index in [1.165, 1.54) is 15.7 Å². The molecule has 0 aliphatic heterocycles. The van der Waals surface area contributed by atoms with Crippen LogP contribution in [0, 0.1) is 0 Å². The second-order valence-electron chi connectivity index (χ2n) is 2.06. The van der Waals surface area contributed by atoms with Crippen molar-refractivity contribution < 1.29 is 0 Å². The topological polar surface area (TPSA) is 25.8 Å². The van der Waals surface area contributed by atoms with Crippen molar-refractivity contribution in [2.24, 2.45) is 0 Å². The molecule has 1 aromatic heterocycles. The molecule has 2 nitrogen and oxygen atoms in total. The van der Waals surface area contributed by atoms with Crippen molar-refractivity contribution in [1.82, 2.24) is 9.59 Å². The smallest absolute Gasteiger partial charge is 0.130 e. The van der Waals surface area contributed by atoms with Crippen molar-refractivity contribution in [2.45, 2.75) is 9.24 Å². The van der Waals surface area contributed by atoms with Gasteiger partial charge in [-0.3, -0.25) is 0 Å². The van der Waals surface area contributed by atoms with Gasteiger partial charge in [0.25, 0.3) is 0 Å². The molecule has 0 bridgehead atoms. The van der Waals surface area contributed by atoms with Crippen LogP contribution >= 0.6 is 35.1 Å². The van der Waals surface area contributed by atoms with Crippen molar-refractivity contribution in [1.29, 1.82) is 0 Å². The number of nitrogens with zero attached hydrogens (tertiary/aromatic N) is 2. The van der Waals surface area contributed by atoms with Crippen LogP contribution < -0.4 is 0 Å². The Morgan fingerprint density at radius 1 is 1.23 bits per heavy atom. The molecule has 0 aliphatic rings. The number of thioether (sulfide) groups is 2. The van der Waals surface area contributed by atoms with Crippen LogP contribution in [0.15, 0.2) is 34.5 Å². The third-order valence-electron chi connectivity index (χ3n) is 1.10.